The summed E-state index contributed by atoms with van der Waals surface area (Å²) in [6.07, 6.45) is 8.26. The zero-order valence-electron chi connectivity index (χ0n) is 14.0. The minimum Gasteiger partial charge on any atom is -0.355 e. The summed E-state index contributed by atoms with van der Waals surface area (Å²) in [4.78, 5) is 20.2. The number of nitrogens with zero attached hydrogens (tertiary/aromatic N) is 5. The van der Waals surface area contributed by atoms with E-state index in [1.165, 1.54) is 0 Å². The van der Waals surface area contributed by atoms with Gasteiger partial charge in [-0.15, -0.1) is 0 Å². The second kappa shape index (κ2) is 7.36. The lowest BCUT2D eigenvalue weighted by atomic mass is 10.1. The summed E-state index contributed by atoms with van der Waals surface area (Å²) in [7, 11) is 0. The minimum absolute atomic E-state index is 0.718. The third kappa shape index (κ3) is 3.64. The van der Waals surface area contributed by atoms with Crippen LogP contribution in [0.5, 0.6) is 0 Å². The third-order valence-corrected chi connectivity index (χ3v) is 4.27. The number of hydrogen-bond acceptors (Lipinski definition) is 6. The van der Waals surface area contributed by atoms with E-state index < -0.39 is 0 Å². The molecule has 4 rings (SSSR count). The van der Waals surface area contributed by atoms with Crippen molar-refractivity contribution in [3.63, 3.8) is 0 Å². The molecule has 25 heavy (non-hydrogen) atoms. The fourth-order valence-electron chi connectivity index (χ4n) is 2.96. The highest BCUT2D eigenvalue weighted by Crippen LogP contribution is 2.25. The van der Waals surface area contributed by atoms with E-state index in [9.17, 15) is 0 Å². The Morgan fingerprint density at radius 1 is 0.880 bits per heavy atom. The first kappa shape index (κ1) is 15.7. The maximum absolute atomic E-state index is 4.83. The molecule has 1 fully saturated rings. The first-order valence-corrected chi connectivity index (χ1v) is 8.56. The Kier molecular flexibility index (Phi) is 4.61. The highest BCUT2D eigenvalue weighted by molar-refractivity contribution is 5.67. The molecule has 6 nitrogen and oxygen atoms in total. The first-order chi connectivity index (χ1) is 12.4. The predicted octanol–water partition coefficient (Wildman–Crippen LogP) is 2.40. The van der Waals surface area contributed by atoms with Crippen LogP contribution in [-0.4, -0.2) is 46.1 Å². The molecule has 0 spiro atoms. The molecule has 0 amide bonds. The maximum Gasteiger partial charge on any atom is 0.162 e. The molecule has 0 unspecified atom stereocenters. The second-order valence-corrected chi connectivity index (χ2v) is 6.00. The fraction of sp³-hybridized carbons (Fsp3) is 0.263. The monoisotopic (exact) mass is 332 g/mol. The van der Waals surface area contributed by atoms with Gasteiger partial charge in [-0.3, -0.25) is 9.97 Å². The van der Waals surface area contributed by atoms with Crippen LogP contribution in [0.2, 0.25) is 0 Å². The Balaban J connectivity index is 1.80. The molecule has 0 radical (unpaired) electrons. The van der Waals surface area contributed by atoms with Gasteiger partial charge in [0.05, 0.1) is 5.69 Å². The van der Waals surface area contributed by atoms with Gasteiger partial charge in [-0.1, -0.05) is 0 Å². The molecule has 1 saturated heterocycles. The molecule has 4 heterocycles. The summed E-state index contributed by atoms with van der Waals surface area (Å²) < 4.78 is 0. The van der Waals surface area contributed by atoms with Crippen LogP contribution in [0.3, 0.4) is 0 Å². The lowest BCUT2D eigenvalue weighted by Crippen LogP contribution is -2.28. The van der Waals surface area contributed by atoms with Gasteiger partial charge in [0, 0.05) is 61.6 Å². The van der Waals surface area contributed by atoms with E-state index in [-0.39, 0.29) is 0 Å². The van der Waals surface area contributed by atoms with Gasteiger partial charge in [0.1, 0.15) is 5.82 Å². The van der Waals surface area contributed by atoms with Crippen LogP contribution in [0, 0.1) is 0 Å². The quantitative estimate of drug-likeness (QED) is 0.794. The molecule has 3 aromatic rings. The lowest BCUT2D eigenvalue weighted by Gasteiger charge is -2.22. The van der Waals surface area contributed by atoms with Crippen LogP contribution in [0.4, 0.5) is 5.82 Å². The topological polar surface area (TPSA) is 66.8 Å². The Hall–Kier alpha value is -2.86. The number of aromatic nitrogens is 4. The van der Waals surface area contributed by atoms with Crippen molar-refractivity contribution in [2.45, 2.75) is 6.42 Å². The first-order valence-electron chi connectivity index (χ1n) is 8.56. The Morgan fingerprint density at radius 2 is 1.80 bits per heavy atom. The molecule has 0 aromatic carbocycles. The minimum atomic E-state index is 0.718. The van der Waals surface area contributed by atoms with E-state index in [0.29, 0.717) is 0 Å². The molecule has 0 aliphatic carbocycles. The molecular weight excluding hydrogens is 312 g/mol. The molecule has 1 aliphatic heterocycles. The molecule has 0 atom stereocenters. The zero-order chi connectivity index (χ0) is 16.9. The summed E-state index contributed by atoms with van der Waals surface area (Å²) in [5.74, 6) is 1.68. The summed E-state index contributed by atoms with van der Waals surface area (Å²) >= 11 is 0. The summed E-state index contributed by atoms with van der Waals surface area (Å²) in [6.45, 7) is 3.95. The Morgan fingerprint density at radius 3 is 2.64 bits per heavy atom. The van der Waals surface area contributed by atoms with Gasteiger partial charge >= 0.3 is 0 Å². The van der Waals surface area contributed by atoms with E-state index in [4.69, 9.17) is 9.97 Å². The van der Waals surface area contributed by atoms with Gasteiger partial charge in [0.2, 0.25) is 0 Å². The predicted molar refractivity (Wildman–Crippen MR) is 98.2 cm³/mol. The fourth-order valence-corrected chi connectivity index (χ4v) is 2.96. The standard InChI is InChI=1S/C19H20N6/c1-3-16(14-22-6-1)17-13-18(25-11-2-7-20-10-12-25)24-19(23-17)15-4-8-21-9-5-15/h1,3-6,8-9,13-14,20H,2,7,10-12H2. The van der Waals surface area contributed by atoms with E-state index in [1.54, 1.807) is 18.6 Å². The average Bonchev–Trinajstić information content (AvgIpc) is 2.99. The third-order valence-electron chi connectivity index (χ3n) is 4.27. The highest BCUT2D eigenvalue weighted by Gasteiger charge is 2.15. The number of hydrogen-bond donors (Lipinski definition) is 1. The SMILES string of the molecule is c1cncc(-c2cc(N3CCCNCC3)nc(-c3ccncc3)n2)c1. The summed E-state index contributed by atoms with van der Waals surface area (Å²) in [5, 5.41) is 3.44. The van der Waals surface area contributed by atoms with Crippen LogP contribution in [0.1, 0.15) is 6.42 Å². The molecule has 0 saturated carbocycles. The van der Waals surface area contributed by atoms with Crippen LogP contribution < -0.4 is 10.2 Å². The lowest BCUT2D eigenvalue weighted by molar-refractivity contribution is 0.724. The normalized spacial score (nSPS) is 15.0. The van der Waals surface area contributed by atoms with E-state index >= 15 is 0 Å². The summed E-state index contributed by atoms with van der Waals surface area (Å²) in [5.41, 5.74) is 2.85. The van der Waals surface area contributed by atoms with Crippen molar-refractivity contribution in [2.24, 2.45) is 0 Å². The van der Waals surface area contributed by atoms with E-state index in [0.717, 1.165) is 61.1 Å². The second-order valence-electron chi connectivity index (χ2n) is 6.00. The Bertz CT molecular complexity index is 756. The molecule has 1 N–H and O–H groups in total. The van der Waals surface area contributed by atoms with Gasteiger partial charge in [0.25, 0.3) is 0 Å². The van der Waals surface area contributed by atoms with Crippen molar-refractivity contribution in [2.75, 3.05) is 31.1 Å². The van der Waals surface area contributed by atoms with Crippen LogP contribution in [0.25, 0.3) is 22.6 Å². The molecule has 3 aromatic heterocycles. The van der Waals surface area contributed by atoms with Crippen molar-refractivity contribution in [3.05, 3.63) is 55.1 Å². The van der Waals surface area contributed by atoms with Gasteiger partial charge in [0.15, 0.2) is 5.82 Å². The van der Waals surface area contributed by atoms with Crippen molar-refractivity contribution < 1.29 is 0 Å². The van der Waals surface area contributed by atoms with Crippen LogP contribution >= 0.6 is 0 Å². The molecular formula is C19H20N6. The van der Waals surface area contributed by atoms with E-state index in [1.807, 2.05) is 30.5 Å². The van der Waals surface area contributed by atoms with Crippen molar-refractivity contribution in [1.82, 2.24) is 25.3 Å². The number of rotatable bonds is 3. The van der Waals surface area contributed by atoms with Crippen molar-refractivity contribution in [1.29, 1.82) is 0 Å². The zero-order valence-corrected chi connectivity index (χ0v) is 14.0. The number of nitrogens with one attached hydrogen (secondary N) is 1. The smallest absolute Gasteiger partial charge is 0.162 e. The molecule has 126 valence electrons. The highest BCUT2D eigenvalue weighted by atomic mass is 15.2. The average molecular weight is 332 g/mol. The van der Waals surface area contributed by atoms with Crippen molar-refractivity contribution >= 4 is 5.82 Å². The molecule has 1 aliphatic rings. The molecule has 0 bridgehead atoms. The van der Waals surface area contributed by atoms with Gasteiger partial charge in [-0.2, -0.15) is 0 Å². The van der Waals surface area contributed by atoms with Gasteiger partial charge < -0.3 is 10.2 Å². The van der Waals surface area contributed by atoms with Gasteiger partial charge in [-0.25, -0.2) is 9.97 Å². The largest absolute Gasteiger partial charge is 0.355 e. The van der Waals surface area contributed by atoms with Crippen LogP contribution in [-0.2, 0) is 0 Å². The van der Waals surface area contributed by atoms with Crippen LogP contribution in [0.15, 0.2) is 55.1 Å². The van der Waals surface area contributed by atoms with Gasteiger partial charge in [-0.05, 0) is 37.2 Å². The molecule has 6 heteroatoms. The van der Waals surface area contributed by atoms with E-state index in [2.05, 4.69) is 26.3 Å². The maximum atomic E-state index is 4.83. The summed E-state index contributed by atoms with van der Waals surface area (Å²) in [6, 6.07) is 9.90. The Labute approximate surface area is 147 Å². The van der Waals surface area contributed by atoms with Crippen molar-refractivity contribution in [3.8, 4) is 22.6 Å². The number of anilines is 1. The number of pyridine rings is 2.